The molecule has 2 aliphatic rings. The van der Waals surface area contributed by atoms with E-state index in [0.29, 0.717) is 0 Å². The number of aliphatic hydroxyl groups excluding tert-OH is 1. The molecule has 0 aromatic heterocycles. The Labute approximate surface area is 182 Å². The Kier molecular flexibility index (Phi) is 13.0. The van der Waals surface area contributed by atoms with Crippen LogP contribution in [0.2, 0.25) is 0 Å². The Morgan fingerprint density at radius 1 is 0.885 bits per heavy atom. The Morgan fingerprint density at radius 2 is 1.42 bits per heavy atom. The van der Waals surface area contributed by atoms with Crippen LogP contribution < -0.4 is 5.32 Å². The number of piperidine rings is 1. The van der Waals surface area contributed by atoms with Gasteiger partial charge in [-0.25, -0.2) is 0 Å². The summed E-state index contributed by atoms with van der Waals surface area (Å²) in [5, 5.41) is 17.2. The van der Waals surface area contributed by atoms with E-state index in [-0.39, 0.29) is 43.1 Å². The van der Waals surface area contributed by atoms with Gasteiger partial charge in [0.25, 0.3) is 0 Å². The summed E-state index contributed by atoms with van der Waals surface area (Å²) in [6, 6.07) is 23.0. The van der Waals surface area contributed by atoms with Crippen LogP contribution in [0.4, 0.5) is 0 Å². The number of hydrogen-bond acceptors (Lipinski definition) is 2. The molecular formula is C22H31N2OU-. The van der Waals surface area contributed by atoms with E-state index in [2.05, 4.69) is 22.8 Å². The second-order valence-corrected chi connectivity index (χ2v) is 6.57. The van der Waals surface area contributed by atoms with Gasteiger partial charge in [-0.3, -0.25) is 0 Å². The van der Waals surface area contributed by atoms with Gasteiger partial charge >= 0.3 is 0 Å². The zero-order chi connectivity index (χ0) is 17.7. The molecule has 140 valence electrons. The number of benzene rings is 2. The molecule has 1 saturated carbocycles. The van der Waals surface area contributed by atoms with Gasteiger partial charge < -0.3 is 15.7 Å². The van der Waals surface area contributed by atoms with E-state index in [4.69, 9.17) is 0 Å². The number of nitrogens with zero attached hydrogens (tertiary/aromatic N) is 1. The van der Waals surface area contributed by atoms with Gasteiger partial charge in [-0.05, 0) is 18.5 Å². The maximum atomic E-state index is 9.78. The largest absolute Gasteiger partial charge is 0.662 e. The molecule has 2 fully saturated rings. The molecule has 3 nitrogen and oxygen atoms in total. The quantitative estimate of drug-likeness (QED) is 0.558. The average molecular weight is 578 g/mol. The van der Waals surface area contributed by atoms with E-state index in [1.54, 1.807) is 0 Å². The standard InChI is InChI=1S/C11H15NO.C6H6.C5H10N.U/c13-11-6-7-12-8-10(11)9-4-2-1-3-5-9;1-2-4-6-5-3-1;1-6-5-3-2-4-5;/h1-5,10-13H,6-8H2;1-6H;5H,2-4H2,1H3;/q;;-1;. The molecule has 2 N–H and O–H groups in total. The molecule has 4 rings (SSSR count). The molecule has 26 heavy (non-hydrogen) atoms. The fraction of sp³-hybridized carbons (Fsp3) is 0.455. The first-order valence-electron chi connectivity index (χ1n) is 9.34. The summed E-state index contributed by atoms with van der Waals surface area (Å²) in [7, 11) is 1.91. The average Bonchev–Trinajstić information content (AvgIpc) is 2.64. The predicted octanol–water partition coefficient (Wildman–Crippen LogP) is 4.35. The van der Waals surface area contributed by atoms with Crippen LogP contribution >= 0.6 is 0 Å². The molecule has 0 amide bonds. The smallest absolute Gasteiger partial charge is 0.0633 e. The van der Waals surface area contributed by atoms with E-state index in [1.807, 2.05) is 61.6 Å². The van der Waals surface area contributed by atoms with Crippen molar-refractivity contribution in [2.24, 2.45) is 0 Å². The molecule has 1 aliphatic carbocycles. The molecule has 2 aromatic carbocycles. The van der Waals surface area contributed by atoms with Crippen LogP contribution in [0.15, 0.2) is 66.7 Å². The summed E-state index contributed by atoms with van der Waals surface area (Å²) in [5.74, 6) is 0.273. The van der Waals surface area contributed by atoms with Gasteiger partial charge in [-0.1, -0.05) is 86.0 Å². The van der Waals surface area contributed by atoms with Gasteiger partial charge in [0.1, 0.15) is 0 Å². The van der Waals surface area contributed by atoms with Crippen molar-refractivity contribution in [1.82, 2.24) is 5.32 Å². The topological polar surface area (TPSA) is 46.4 Å². The minimum Gasteiger partial charge on any atom is -0.662 e. The van der Waals surface area contributed by atoms with Gasteiger partial charge in [0.2, 0.25) is 0 Å². The second-order valence-electron chi connectivity index (χ2n) is 6.57. The maximum absolute atomic E-state index is 9.78. The molecule has 2 atom stereocenters. The van der Waals surface area contributed by atoms with Gasteiger partial charge in [-0.15, -0.1) is 6.04 Å². The Morgan fingerprint density at radius 3 is 1.81 bits per heavy atom. The van der Waals surface area contributed by atoms with E-state index < -0.39 is 0 Å². The summed E-state index contributed by atoms with van der Waals surface area (Å²) in [5.41, 5.74) is 1.24. The van der Waals surface area contributed by atoms with Gasteiger partial charge in [0.05, 0.1) is 6.10 Å². The van der Waals surface area contributed by atoms with Crippen molar-refractivity contribution >= 4 is 0 Å². The van der Waals surface area contributed by atoms with Crippen molar-refractivity contribution in [3.05, 3.63) is 77.6 Å². The minimum atomic E-state index is -0.177. The minimum absolute atomic E-state index is 0. The van der Waals surface area contributed by atoms with Crippen LogP contribution in [-0.2, 0) is 0 Å². The van der Waals surface area contributed by atoms with Gasteiger partial charge in [0.15, 0.2) is 0 Å². The van der Waals surface area contributed by atoms with Crippen molar-refractivity contribution in [3.8, 4) is 0 Å². The van der Waals surface area contributed by atoms with Crippen molar-refractivity contribution in [2.45, 2.75) is 43.7 Å². The monoisotopic (exact) mass is 577 g/mol. The molecule has 1 heterocycles. The number of nitrogens with one attached hydrogen (secondary N) is 1. The van der Waals surface area contributed by atoms with Gasteiger partial charge in [-0.2, -0.15) is 7.05 Å². The number of rotatable bonds is 2. The fourth-order valence-corrected chi connectivity index (χ4v) is 2.91. The van der Waals surface area contributed by atoms with Crippen LogP contribution in [0, 0.1) is 31.1 Å². The Hall–Kier alpha value is -0.628. The Balaban J connectivity index is 0.000000218. The van der Waals surface area contributed by atoms with E-state index in [0.717, 1.165) is 25.6 Å². The Bertz CT molecular complexity index is 519. The normalized spacial score (nSPS) is 21.6. The van der Waals surface area contributed by atoms with Crippen LogP contribution in [0.1, 0.15) is 37.2 Å². The van der Waals surface area contributed by atoms with Crippen molar-refractivity contribution < 1.29 is 36.2 Å². The third-order valence-corrected chi connectivity index (χ3v) is 4.78. The summed E-state index contributed by atoms with van der Waals surface area (Å²) < 4.78 is 0. The molecule has 4 heteroatoms. The fourth-order valence-electron chi connectivity index (χ4n) is 2.91. The van der Waals surface area contributed by atoms with Crippen LogP contribution in [0.3, 0.4) is 0 Å². The first kappa shape index (κ1) is 23.4. The summed E-state index contributed by atoms with van der Waals surface area (Å²) in [4.78, 5) is 0. The molecule has 0 radical (unpaired) electrons. The second kappa shape index (κ2) is 14.4. The third-order valence-electron chi connectivity index (χ3n) is 4.78. The summed E-state index contributed by atoms with van der Waals surface area (Å²) in [6.45, 7) is 1.83. The van der Waals surface area contributed by atoms with Crippen LogP contribution in [-0.4, -0.2) is 37.4 Å². The van der Waals surface area contributed by atoms with Crippen LogP contribution in [0.25, 0.3) is 5.32 Å². The molecule has 0 spiro atoms. The third kappa shape index (κ3) is 8.84. The molecule has 0 bridgehead atoms. The van der Waals surface area contributed by atoms with Gasteiger partial charge in [0, 0.05) is 43.6 Å². The predicted molar refractivity (Wildman–Crippen MR) is 106 cm³/mol. The zero-order valence-electron chi connectivity index (χ0n) is 15.7. The molecule has 1 aliphatic heterocycles. The SMILES string of the molecule is C[N-]C1CCC1.OC1CCNCC1c1ccccc1.[U].c1ccccc1. The summed E-state index contributed by atoms with van der Waals surface area (Å²) in [6.07, 6.45) is 4.78. The number of hydrogen-bond donors (Lipinski definition) is 2. The molecule has 2 aromatic rings. The van der Waals surface area contributed by atoms with Crippen molar-refractivity contribution in [3.63, 3.8) is 0 Å². The number of aliphatic hydroxyl groups is 1. The van der Waals surface area contributed by atoms with Crippen LogP contribution in [0.5, 0.6) is 0 Å². The van der Waals surface area contributed by atoms with E-state index in [1.165, 1.54) is 24.8 Å². The van der Waals surface area contributed by atoms with E-state index in [9.17, 15) is 5.11 Å². The van der Waals surface area contributed by atoms with E-state index >= 15 is 0 Å². The first-order chi connectivity index (χ1) is 12.3. The zero-order valence-corrected chi connectivity index (χ0v) is 19.9. The van der Waals surface area contributed by atoms with Crippen molar-refractivity contribution in [2.75, 3.05) is 20.1 Å². The molecular weight excluding hydrogens is 546 g/mol. The van der Waals surface area contributed by atoms with Crippen molar-refractivity contribution in [1.29, 1.82) is 0 Å². The maximum Gasteiger partial charge on any atom is 0.0633 e. The first-order valence-corrected chi connectivity index (χ1v) is 9.34. The molecule has 1 saturated heterocycles. The summed E-state index contributed by atoms with van der Waals surface area (Å²) >= 11 is 0. The molecule has 2 unspecified atom stereocenters.